The number of hydrogen-bond donors (Lipinski definition) is 1. The number of rotatable bonds is 23. The molecule has 0 aliphatic carbocycles. The lowest BCUT2D eigenvalue weighted by Gasteiger charge is -2.41. The number of aliphatic hydroxyl groups excluding tert-OH is 1. The number of benzene rings is 5. The first-order valence-corrected chi connectivity index (χ1v) is 21.1. The zero-order valence-electron chi connectivity index (χ0n) is 35.3. The summed E-state index contributed by atoms with van der Waals surface area (Å²) in [5.41, 5.74) is 4.80. The van der Waals surface area contributed by atoms with Crippen molar-refractivity contribution in [1.82, 2.24) is 0 Å². The smallest absolute Gasteiger partial charge is 0.262 e. The lowest BCUT2D eigenvalue weighted by molar-refractivity contribution is -0.255. The molecule has 2 heterocycles. The van der Waals surface area contributed by atoms with E-state index in [1.807, 2.05) is 159 Å². The molecular formula is C51H56O11. The van der Waals surface area contributed by atoms with Crippen LogP contribution in [0.3, 0.4) is 0 Å². The van der Waals surface area contributed by atoms with Crippen molar-refractivity contribution < 1.29 is 52.5 Å². The zero-order valence-corrected chi connectivity index (χ0v) is 35.3. The van der Waals surface area contributed by atoms with Crippen LogP contribution in [0.15, 0.2) is 175 Å². The molecule has 62 heavy (non-hydrogen) atoms. The maximum absolute atomic E-state index is 11.9. The SMILES string of the molecule is CCCOC1=C(O[C@H]2OC(COCc3ccccc3)[C@@H](OCc3ccccc3)C(OCc3ccccc3)=C2OCc2ccccc2)[C@H](OC)OC(COCc2ccccc2)[C@H]1O. The van der Waals surface area contributed by atoms with Crippen molar-refractivity contribution in [1.29, 1.82) is 0 Å². The summed E-state index contributed by atoms with van der Waals surface area (Å²) in [5.74, 6) is 0.853. The molecule has 2 aliphatic heterocycles. The fourth-order valence-corrected chi connectivity index (χ4v) is 6.98. The first-order valence-electron chi connectivity index (χ1n) is 21.1. The van der Waals surface area contributed by atoms with Crippen LogP contribution in [0.4, 0.5) is 0 Å². The van der Waals surface area contributed by atoms with E-state index in [-0.39, 0.29) is 50.3 Å². The highest BCUT2D eigenvalue weighted by atomic mass is 16.8. The Balaban J connectivity index is 1.26. The van der Waals surface area contributed by atoms with Crippen molar-refractivity contribution in [3.8, 4) is 0 Å². The van der Waals surface area contributed by atoms with Crippen LogP contribution in [0.1, 0.15) is 41.2 Å². The van der Waals surface area contributed by atoms with Gasteiger partial charge < -0.3 is 52.5 Å². The van der Waals surface area contributed by atoms with Gasteiger partial charge in [-0.1, -0.05) is 159 Å². The predicted octanol–water partition coefficient (Wildman–Crippen LogP) is 8.76. The van der Waals surface area contributed by atoms with Crippen LogP contribution >= 0.6 is 0 Å². The third-order valence-electron chi connectivity index (χ3n) is 10.2. The Labute approximate surface area is 364 Å². The minimum absolute atomic E-state index is 0.0617. The van der Waals surface area contributed by atoms with E-state index in [1.165, 1.54) is 7.11 Å². The van der Waals surface area contributed by atoms with E-state index in [9.17, 15) is 5.11 Å². The van der Waals surface area contributed by atoms with Crippen molar-refractivity contribution in [3.63, 3.8) is 0 Å². The summed E-state index contributed by atoms with van der Waals surface area (Å²) in [6.07, 6.45) is -5.37. The predicted molar refractivity (Wildman–Crippen MR) is 231 cm³/mol. The number of methoxy groups -OCH3 is 1. The van der Waals surface area contributed by atoms with Crippen molar-refractivity contribution in [2.75, 3.05) is 26.9 Å². The Morgan fingerprint density at radius 3 is 1.39 bits per heavy atom. The molecule has 5 aromatic rings. The second kappa shape index (κ2) is 23.6. The van der Waals surface area contributed by atoms with Crippen LogP contribution in [-0.4, -0.2) is 69.0 Å². The van der Waals surface area contributed by atoms with Crippen molar-refractivity contribution >= 4 is 0 Å². The molecule has 0 radical (unpaired) electrons. The Hall–Kier alpha value is -5.50. The summed E-state index contributed by atoms with van der Waals surface area (Å²) in [6.45, 7) is 3.71. The molecule has 1 N–H and O–H groups in total. The monoisotopic (exact) mass is 844 g/mol. The Bertz CT molecular complexity index is 2100. The molecule has 5 aromatic carbocycles. The lowest BCUT2D eigenvalue weighted by atomic mass is 10.1. The molecular weight excluding hydrogens is 789 g/mol. The van der Waals surface area contributed by atoms with Crippen molar-refractivity contribution in [2.24, 2.45) is 0 Å². The molecule has 0 saturated carbocycles. The van der Waals surface area contributed by atoms with Gasteiger partial charge in [0.2, 0.25) is 12.0 Å². The third kappa shape index (κ3) is 12.5. The highest BCUT2D eigenvalue weighted by Crippen LogP contribution is 2.38. The normalized spacial score (nSPS) is 21.4. The number of aliphatic hydroxyl groups is 1. The molecule has 326 valence electrons. The first-order chi connectivity index (χ1) is 30.6. The molecule has 11 heteroatoms. The highest BCUT2D eigenvalue weighted by molar-refractivity contribution is 5.23. The van der Waals surface area contributed by atoms with Crippen LogP contribution < -0.4 is 0 Å². The molecule has 0 fully saturated rings. The average Bonchev–Trinajstić information content (AvgIpc) is 3.32. The Morgan fingerprint density at radius 1 is 0.468 bits per heavy atom. The van der Waals surface area contributed by atoms with Gasteiger partial charge in [-0.25, -0.2) is 0 Å². The van der Waals surface area contributed by atoms with Crippen molar-refractivity contribution in [2.45, 2.75) is 83.4 Å². The molecule has 2 unspecified atom stereocenters. The van der Waals surface area contributed by atoms with Gasteiger partial charge in [0.1, 0.15) is 37.6 Å². The van der Waals surface area contributed by atoms with E-state index in [4.69, 9.17) is 47.4 Å². The van der Waals surface area contributed by atoms with E-state index >= 15 is 0 Å². The summed E-state index contributed by atoms with van der Waals surface area (Å²) < 4.78 is 64.9. The second-order valence-electron chi connectivity index (χ2n) is 14.9. The highest BCUT2D eigenvalue weighted by Gasteiger charge is 2.47. The topological polar surface area (TPSA) is 113 Å². The van der Waals surface area contributed by atoms with Gasteiger partial charge in [0.25, 0.3) is 6.29 Å². The number of hydrogen-bond acceptors (Lipinski definition) is 11. The molecule has 11 nitrogen and oxygen atoms in total. The van der Waals surface area contributed by atoms with Crippen LogP contribution in [-0.2, 0) is 80.4 Å². The molecule has 0 amide bonds. The number of ether oxygens (including phenoxy) is 10. The van der Waals surface area contributed by atoms with E-state index in [2.05, 4.69) is 0 Å². The molecule has 0 bridgehead atoms. The molecule has 0 saturated heterocycles. The summed E-state index contributed by atoms with van der Waals surface area (Å²) in [4.78, 5) is 0. The molecule has 2 aliphatic rings. The maximum Gasteiger partial charge on any atom is 0.262 e. The van der Waals surface area contributed by atoms with E-state index in [1.54, 1.807) is 0 Å². The van der Waals surface area contributed by atoms with Gasteiger partial charge in [-0.15, -0.1) is 0 Å². The van der Waals surface area contributed by atoms with Crippen molar-refractivity contribution in [3.05, 3.63) is 203 Å². The minimum Gasteiger partial charge on any atom is -0.491 e. The minimum atomic E-state index is -1.26. The molecule has 0 spiro atoms. The largest absolute Gasteiger partial charge is 0.491 e. The summed E-state index contributed by atoms with van der Waals surface area (Å²) in [6, 6.07) is 49.3. The molecule has 6 atom stereocenters. The molecule has 0 aromatic heterocycles. The van der Waals surface area contributed by atoms with E-state index in [0.29, 0.717) is 32.0 Å². The van der Waals surface area contributed by atoms with Gasteiger partial charge in [-0.2, -0.15) is 0 Å². The second-order valence-corrected chi connectivity index (χ2v) is 14.9. The van der Waals surface area contributed by atoms with Gasteiger partial charge in [-0.05, 0) is 34.2 Å². The van der Waals surface area contributed by atoms with Gasteiger partial charge >= 0.3 is 0 Å². The van der Waals surface area contributed by atoms with Gasteiger partial charge in [0.15, 0.2) is 17.3 Å². The molecule has 7 rings (SSSR count). The standard InChI is InChI=1S/C51H56O11/c1-3-29-56-46-44(52)42(35-54-30-37-19-9-4-10-20-37)60-50(53-2)49(46)62-51-48(59-34-41-27-17-8-18-28-41)47(58-33-40-25-15-7-16-26-40)45(57-32-39-23-13-6-14-24-39)43(61-51)36-55-31-38-21-11-5-12-22-38/h4-28,42-45,50-52H,3,29-36H2,1-2H3/t42?,43?,44-,45-,50-,51-/m1/s1. The Morgan fingerprint density at radius 2 is 0.903 bits per heavy atom. The van der Waals surface area contributed by atoms with E-state index in [0.717, 1.165) is 27.8 Å². The Kier molecular flexibility index (Phi) is 17.0. The maximum atomic E-state index is 11.9. The van der Waals surface area contributed by atoms with Gasteiger partial charge in [0.05, 0.1) is 39.6 Å². The first kappa shape index (κ1) is 44.6. The van der Waals surface area contributed by atoms with Crippen LogP contribution in [0.25, 0.3) is 0 Å². The summed E-state index contributed by atoms with van der Waals surface area (Å²) in [7, 11) is 1.50. The quantitative estimate of drug-likeness (QED) is 0.0682. The lowest BCUT2D eigenvalue weighted by Crippen LogP contribution is -2.49. The van der Waals surface area contributed by atoms with Crippen LogP contribution in [0.5, 0.6) is 0 Å². The summed E-state index contributed by atoms with van der Waals surface area (Å²) >= 11 is 0. The fraction of sp³-hybridized carbons (Fsp3) is 0.333. The third-order valence-corrected chi connectivity index (χ3v) is 10.2. The summed E-state index contributed by atoms with van der Waals surface area (Å²) in [5, 5.41) is 11.9. The van der Waals surface area contributed by atoms with Gasteiger partial charge in [-0.3, -0.25) is 0 Å². The van der Waals surface area contributed by atoms with Gasteiger partial charge in [0, 0.05) is 7.11 Å². The fourth-order valence-electron chi connectivity index (χ4n) is 6.98. The van der Waals surface area contributed by atoms with E-state index < -0.39 is 37.0 Å². The average molecular weight is 845 g/mol. The zero-order chi connectivity index (χ0) is 42.8. The van der Waals surface area contributed by atoms with Crippen LogP contribution in [0.2, 0.25) is 0 Å². The van der Waals surface area contributed by atoms with Crippen LogP contribution in [0, 0.1) is 0 Å².